The van der Waals surface area contributed by atoms with E-state index < -0.39 is 17.8 Å². The smallest absolute Gasteiger partial charge is 0.365 e. The summed E-state index contributed by atoms with van der Waals surface area (Å²) in [5, 5.41) is 8.09. The molecule has 1 unspecified atom stereocenters. The molecule has 8 nitrogen and oxygen atoms in total. The molecule has 1 fully saturated rings. The summed E-state index contributed by atoms with van der Waals surface area (Å²) in [7, 11) is 0. The number of rotatable bonds is 4. The fraction of sp³-hybridized carbons (Fsp3) is 0.400. The van der Waals surface area contributed by atoms with Gasteiger partial charge in [-0.25, -0.2) is 0 Å². The van der Waals surface area contributed by atoms with Crippen molar-refractivity contribution in [3.8, 4) is 11.4 Å². The third-order valence-electron chi connectivity index (χ3n) is 4.97. The van der Waals surface area contributed by atoms with Crippen molar-refractivity contribution in [2.24, 2.45) is 0 Å². The summed E-state index contributed by atoms with van der Waals surface area (Å²) in [6.07, 6.45) is -5.13. The number of aromatic nitrogens is 4. The molecule has 0 bridgehead atoms. The van der Waals surface area contributed by atoms with Gasteiger partial charge in [-0.1, -0.05) is 17.3 Å². The highest BCUT2D eigenvalue weighted by molar-refractivity contribution is 5.76. The number of hydrogen-bond acceptors (Lipinski definition) is 6. The molecule has 164 valence electrons. The van der Waals surface area contributed by atoms with Gasteiger partial charge in [-0.05, 0) is 32.0 Å². The van der Waals surface area contributed by atoms with Gasteiger partial charge >= 0.3 is 6.18 Å². The Hall–Kier alpha value is -3.21. The molecule has 0 radical (unpaired) electrons. The first-order chi connectivity index (χ1) is 14.7. The number of carbonyl (C=O) groups excluding carboxylic acids is 1. The third kappa shape index (κ3) is 4.61. The maximum Gasteiger partial charge on any atom is 0.416 e. The van der Waals surface area contributed by atoms with Crippen molar-refractivity contribution in [2.45, 2.75) is 32.7 Å². The Morgan fingerprint density at radius 1 is 1.26 bits per heavy atom. The number of morpholine rings is 1. The largest absolute Gasteiger partial charge is 0.416 e. The van der Waals surface area contributed by atoms with E-state index in [-0.39, 0.29) is 42.9 Å². The fourth-order valence-corrected chi connectivity index (χ4v) is 3.41. The summed E-state index contributed by atoms with van der Waals surface area (Å²) < 4.78 is 51.4. The zero-order valence-electron chi connectivity index (χ0n) is 16.9. The van der Waals surface area contributed by atoms with Gasteiger partial charge in [-0.3, -0.25) is 9.48 Å². The van der Waals surface area contributed by atoms with Gasteiger partial charge in [0.1, 0.15) is 6.54 Å². The van der Waals surface area contributed by atoms with Crippen LogP contribution < -0.4 is 0 Å². The number of halogens is 3. The molecule has 1 aliphatic heterocycles. The van der Waals surface area contributed by atoms with Crippen LogP contribution in [0.2, 0.25) is 0 Å². The number of benzene rings is 1. The predicted molar refractivity (Wildman–Crippen MR) is 102 cm³/mol. The molecule has 0 saturated carbocycles. The number of aryl methyl sites for hydroxylation is 2. The number of nitrogens with zero attached hydrogens (tertiary/aromatic N) is 5. The summed E-state index contributed by atoms with van der Waals surface area (Å²) in [4.78, 5) is 18.5. The van der Waals surface area contributed by atoms with Gasteiger partial charge < -0.3 is 14.2 Å². The predicted octanol–water partition coefficient (Wildman–Crippen LogP) is 3.17. The van der Waals surface area contributed by atoms with Crippen LogP contribution in [-0.2, 0) is 22.3 Å². The van der Waals surface area contributed by atoms with Crippen LogP contribution in [0, 0.1) is 13.8 Å². The zero-order valence-corrected chi connectivity index (χ0v) is 16.9. The Labute approximate surface area is 175 Å². The van der Waals surface area contributed by atoms with Gasteiger partial charge in [0.2, 0.25) is 11.7 Å². The quantitative estimate of drug-likeness (QED) is 0.626. The average molecular weight is 435 g/mol. The minimum absolute atomic E-state index is 0.0239. The standard InChI is InChI=1S/C20H20F3N5O3/c1-12-8-13(2)28(25-12)11-17(29)27-6-7-30-16(10-27)19-24-18(26-31-19)14-4-3-5-15(9-14)20(21,22)23/h3-5,8-9,16H,6-7,10-11H2,1-2H3. The second kappa shape index (κ2) is 8.14. The molecular weight excluding hydrogens is 415 g/mol. The minimum atomic E-state index is -4.47. The Morgan fingerprint density at radius 3 is 2.77 bits per heavy atom. The lowest BCUT2D eigenvalue weighted by Crippen LogP contribution is -2.44. The molecule has 3 aromatic rings. The van der Waals surface area contributed by atoms with Crippen molar-refractivity contribution in [3.63, 3.8) is 0 Å². The van der Waals surface area contributed by atoms with E-state index in [9.17, 15) is 18.0 Å². The molecular formula is C20H20F3N5O3. The lowest BCUT2D eigenvalue weighted by atomic mass is 10.1. The van der Waals surface area contributed by atoms with Crippen LogP contribution in [0.5, 0.6) is 0 Å². The first-order valence-corrected chi connectivity index (χ1v) is 9.62. The maximum absolute atomic E-state index is 13.0. The van der Waals surface area contributed by atoms with Gasteiger partial charge in [-0.2, -0.15) is 23.3 Å². The summed E-state index contributed by atoms with van der Waals surface area (Å²) in [6.45, 7) is 4.71. The molecule has 1 aromatic carbocycles. The van der Waals surface area contributed by atoms with Crippen LogP contribution in [0.25, 0.3) is 11.4 Å². The molecule has 2 aromatic heterocycles. The normalized spacial score (nSPS) is 17.2. The van der Waals surface area contributed by atoms with Crippen molar-refractivity contribution >= 4 is 5.91 Å². The van der Waals surface area contributed by atoms with Crippen molar-refractivity contribution in [1.82, 2.24) is 24.8 Å². The lowest BCUT2D eigenvalue weighted by molar-refractivity contribution is -0.141. The van der Waals surface area contributed by atoms with E-state index in [1.165, 1.54) is 12.1 Å². The van der Waals surface area contributed by atoms with Gasteiger partial charge in [-0.15, -0.1) is 0 Å². The monoisotopic (exact) mass is 435 g/mol. The van der Waals surface area contributed by atoms with Crippen molar-refractivity contribution in [1.29, 1.82) is 0 Å². The summed E-state index contributed by atoms with van der Waals surface area (Å²) in [6, 6.07) is 6.57. The second-order valence-electron chi connectivity index (χ2n) is 7.32. The van der Waals surface area contributed by atoms with E-state index in [0.717, 1.165) is 23.5 Å². The molecule has 1 amide bonds. The van der Waals surface area contributed by atoms with E-state index in [0.29, 0.717) is 6.54 Å². The Kier molecular flexibility index (Phi) is 5.52. The van der Waals surface area contributed by atoms with E-state index >= 15 is 0 Å². The minimum Gasteiger partial charge on any atom is -0.365 e. The highest BCUT2D eigenvalue weighted by atomic mass is 19.4. The van der Waals surface area contributed by atoms with Crippen molar-refractivity contribution in [2.75, 3.05) is 19.7 Å². The summed E-state index contributed by atoms with van der Waals surface area (Å²) in [5.41, 5.74) is 1.10. The van der Waals surface area contributed by atoms with E-state index in [2.05, 4.69) is 15.2 Å². The molecule has 31 heavy (non-hydrogen) atoms. The summed E-state index contributed by atoms with van der Waals surface area (Å²) in [5.74, 6) is 0.00364. The molecule has 1 saturated heterocycles. The molecule has 0 aliphatic carbocycles. The number of carbonyl (C=O) groups is 1. The third-order valence-corrected chi connectivity index (χ3v) is 4.97. The second-order valence-corrected chi connectivity index (χ2v) is 7.32. The van der Waals surface area contributed by atoms with Gasteiger partial charge in [0.15, 0.2) is 6.10 Å². The highest BCUT2D eigenvalue weighted by Crippen LogP contribution is 2.32. The number of ether oxygens (including phenoxy) is 1. The Balaban J connectivity index is 1.46. The molecule has 11 heteroatoms. The lowest BCUT2D eigenvalue weighted by Gasteiger charge is -2.31. The SMILES string of the molecule is Cc1cc(C)n(CC(=O)N2CCOC(c3nc(-c4cccc(C(F)(F)F)c4)no3)C2)n1. The van der Waals surface area contributed by atoms with Crippen molar-refractivity contribution in [3.05, 3.63) is 53.2 Å². The van der Waals surface area contributed by atoms with Crippen LogP contribution in [0.3, 0.4) is 0 Å². The number of amides is 1. The summed E-state index contributed by atoms with van der Waals surface area (Å²) >= 11 is 0. The zero-order chi connectivity index (χ0) is 22.2. The van der Waals surface area contributed by atoms with E-state index in [4.69, 9.17) is 9.26 Å². The molecule has 1 atom stereocenters. The van der Waals surface area contributed by atoms with Gasteiger partial charge in [0.25, 0.3) is 5.89 Å². The van der Waals surface area contributed by atoms with Gasteiger partial charge in [0.05, 0.1) is 24.4 Å². The van der Waals surface area contributed by atoms with Gasteiger partial charge in [0, 0.05) is 17.8 Å². The number of hydrogen-bond donors (Lipinski definition) is 0. The number of alkyl halides is 3. The fourth-order valence-electron chi connectivity index (χ4n) is 3.41. The topological polar surface area (TPSA) is 86.3 Å². The van der Waals surface area contributed by atoms with E-state index in [1.807, 2.05) is 19.9 Å². The van der Waals surface area contributed by atoms with Crippen LogP contribution in [0.15, 0.2) is 34.9 Å². The Bertz CT molecular complexity index is 1090. The van der Waals surface area contributed by atoms with Crippen LogP contribution in [-0.4, -0.2) is 50.4 Å². The van der Waals surface area contributed by atoms with Crippen LogP contribution >= 0.6 is 0 Å². The molecule has 1 aliphatic rings. The molecule has 4 rings (SSSR count). The van der Waals surface area contributed by atoms with Crippen LogP contribution in [0.1, 0.15) is 28.9 Å². The molecule has 0 spiro atoms. The maximum atomic E-state index is 13.0. The first kappa shape index (κ1) is 21.0. The average Bonchev–Trinajstić information content (AvgIpc) is 3.34. The van der Waals surface area contributed by atoms with E-state index in [1.54, 1.807) is 9.58 Å². The highest BCUT2D eigenvalue weighted by Gasteiger charge is 2.32. The first-order valence-electron chi connectivity index (χ1n) is 9.62. The Morgan fingerprint density at radius 2 is 2.06 bits per heavy atom. The molecule has 3 heterocycles. The van der Waals surface area contributed by atoms with Crippen molar-refractivity contribution < 1.29 is 27.2 Å². The molecule has 0 N–H and O–H groups in total. The van der Waals surface area contributed by atoms with Crippen LogP contribution in [0.4, 0.5) is 13.2 Å².